The average Bonchev–Trinajstić information content (AvgIpc) is 3.31. The third-order valence-electron chi connectivity index (χ3n) is 4.87. The monoisotopic (exact) mass is 418 g/mol. The van der Waals surface area contributed by atoms with Crippen LogP contribution in [0.3, 0.4) is 0 Å². The van der Waals surface area contributed by atoms with Gasteiger partial charge in [-0.1, -0.05) is 46.4 Å². The van der Waals surface area contributed by atoms with Crippen LogP contribution < -0.4 is 9.80 Å². The SMILES string of the molecule is Cc1ccc(Cl)c2sc(N3CCN(c4nc5c(F)cccc5s4)CC3)nc12. The first kappa shape index (κ1) is 17.2. The van der Waals surface area contributed by atoms with Crippen molar-refractivity contribution in [1.82, 2.24) is 9.97 Å². The van der Waals surface area contributed by atoms with Crippen molar-refractivity contribution in [3.05, 3.63) is 46.7 Å². The summed E-state index contributed by atoms with van der Waals surface area (Å²) in [5.41, 5.74) is 2.61. The average molecular weight is 419 g/mol. The molecule has 1 aliphatic heterocycles. The summed E-state index contributed by atoms with van der Waals surface area (Å²) in [6.07, 6.45) is 0. The molecular formula is C19H16ClFN4S2. The van der Waals surface area contributed by atoms with Gasteiger partial charge in [0.2, 0.25) is 0 Å². The van der Waals surface area contributed by atoms with Gasteiger partial charge in [-0.3, -0.25) is 0 Å². The maximum Gasteiger partial charge on any atom is 0.186 e. The highest BCUT2D eigenvalue weighted by molar-refractivity contribution is 7.23. The van der Waals surface area contributed by atoms with Crippen LogP contribution in [0.2, 0.25) is 5.02 Å². The quantitative estimate of drug-likeness (QED) is 0.440. The van der Waals surface area contributed by atoms with Crippen molar-refractivity contribution in [3.63, 3.8) is 0 Å². The van der Waals surface area contributed by atoms with Gasteiger partial charge in [0.1, 0.15) is 11.3 Å². The van der Waals surface area contributed by atoms with Crippen molar-refractivity contribution >= 4 is 65.0 Å². The molecule has 27 heavy (non-hydrogen) atoms. The fourth-order valence-electron chi connectivity index (χ4n) is 3.35. The Balaban J connectivity index is 1.37. The lowest BCUT2D eigenvalue weighted by Gasteiger charge is -2.34. The number of thiazole rings is 2. The number of halogens is 2. The molecular weight excluding hydrogens is 403 g/mol. The van der Waals surface area contributed by atoms with E-state index in [2.05, 4.69) is 21.7 Å². The van der Waals surface area contributed by atoms with Crippen LogP contribution in [-0.4, -0.2) is 36.1 Å². The molecule has 1 aliphatic rings. The number of hydrogen-bond donors (Lipinski definition) is 0. The Labute approximate surface area is 168 Å². The second kappa shape index (κ2) is 6.58. The summed E-state index contributed by atoms with van der Waals surface area (Å²) in [7, 11) is 0. The first-order valence-electron chi connectivity index (χ1n) is 8.71. The van der Waals surface area contributed by atoms with E-state index in [9.17, 15) is 4.39 Å². The van der Waals surface area contributed by atoms with E-state index >= 15 is 0 Å². The number of rotatable bonds is 2. The van der Waals surface area contributed by atoms with Crippen LogP contribution in [0.4, 0.5) is 14.7 Å². The molecule has 3 heterocycles. The molecule has 0 aliphatic carbocycles. The lowest BCUT2D eigenvalue weighted by molar-refractivity contribution is 0.635. The number of fused-ring (bicyclic) bond motifs is 2. The van der Waals surface area contributed by atoms with E-state index in [1.165, 1.54) is 6.07 Å². The Bertz CT molecular complexity index is 1110. The molecule has 2 aromatic carbocycles. The number of hydrogen-bond acceptors (Lipinski definition) is 6. The Morgan fingerprint density at radius 1 is 0.926 bits per heavy atom. The summed E-state index contributed by atoms with van der Waals surface area (Å²) in [5.74, 6) is -0.254. The van der Waals surface area contributed by atoms with Crippen LogP contribution in [0.25, 0.3) is 20.4 Å². The molecule has 0 saturated carbocycles. The highest BCUT2D eigenvalue weighted by Gasteiger charge is 2.23. The fourth-order valence-corrected chi connectivity index (χ4v) is 5.75. The summed E-state index contributed by atoms with van der Waals surface area (Å²) in [6, 6.07) is 9.06. The van der Waals surface area contributed by atoms with E-state index in [0.29, 0.717) is 5.52 Å². The van der Waals surface area contributed by atoms with Gasteiger partial charge in [0.15, 0.2) is 10.3 Å². The molecule has 0 unspecified atom stereocenters. The van der Waals surface area contributed by atoms with Gasteiger partial charge in [-0.05, 0) is 30.7 Å². The topological polar surface area (TPSA) is 32.3 Å². The third-order valence-corrected chi connectivity index (χ3v) is 7.52. The second-order valence-corrected chi connectivity index (χ2v) is 8.99. The predicted octanol–water partition coefficient (Wildman–Crippen LogP) is 5.33. The minimum Gasteiger partial charge on any atom is -0.345 e. The van der Waals surface area contributed by atoms with Crippen LogP contribution in [-0.2, 0) is 0 Å². The standard InChI is InChI=1S/C19H16ClFN4S2/c1-11-5-6-12(20)17-15(11)22-19(27-17)25-9-7-24(8-10-25)18-23-16-13(21)3-2-4-14(16)26-18/h2-6H,7-10H2,1H3. The number of piperazine rings is 1. The smallest absolute Gasteiger partial charge is 0.186 e. The van der Waals surface area contributed by atoms with Crippen LogP contribution >= 0.6 is 34.3 Å². The van der Waals surface area contributed by atoms with E-state index < -0.39 is 0 Å². The summed E-state index contributed by atoms with van der Waals surface area (Å²) in [6.45, 7) is 5.45. The summed E-state index contributed by atoms with van der Waals surface area (Å²) >= 11 is 9.54. The Kier molecular flexibility index (Phi) is 4.18. The molecule has 0 radical (unpaired) electrons. The van der Waals surface area contributed by atoms with Crippen molar-refractivity contribution in [3.8, 4) is 0 Å². The molecule has 1 saturated heterocycles. The minimum absolute atomic E-state index is 0.254. The number of nitrogens with zero attached hydrogens (tertiary/aromatic N) is 4. The molecule has 2 aromatic heterocycles. The summed E-state index contributed by atoms with van der Waals surface area (Å²) in [4.78, 5) is 13.9. The molecule has 0 N–H and O–H groups in total. The lowest BCUT2D eigenvalue weighted by Crippen LogP contribution is -2.46. The normalized spacial score (nSPS) is 15.2. The summed E-state index contributed by atoms with van der Waals surface area (Å²) in [5, 5.41) is 2.66. The number of anilines is 2. The van der Waals surface area contributed by atoms with Gasteiger partial charge in [0, 0.05) is 26.2 Å². The Morgan fingerprint density at radius 2 is 1.59 bits per heavy atom. The van der Waals surface area contributed by atoms with Crippen molar-refractivity contribution in [2.75, 3.05) is 36.0 Å². The molecule has 1 fully saturated rings. The Hall–Kier alpha value is -1.96. The molecule has 138 valence electrons. The van der Waals surface area contributed by atoms with E-state index in [-0.39, 0.29) is 5.82 Å². The van der Waals surface area contributed by atoms with Gasteiger partial charge in [0.25, 0.3) is 0 Å². The van der Waals surface area contributed by atoms with Crippen molar-refractivity contribution in [1.29, 1.82) is 0 Å². The second-order valence-electron chi connectivity index (χ2n) is 6.60. The number of para-hydroxylation sites is 1. The molecule has 5 rings (SSSR count). The maximum absolute atomic E-state index is 13.9. The molecule has 8 heteroatoms. The van der Waals surface area contributed by atoms with Gasteiger partial charge < -0.3 is 9.80 Å². The maximum atomic E-state index is 13.9. The zero-order valence-electron chi connectivity index (χ0n) is 14.6. The first-order chi connectivity index (χ1) is 13.1. The van der Waals surface area contributed by atoms with Gasteiger partial charge >= 0.3 is 0 Å². The largest absolute Gasteiger partial charge is 0.345 e. The van der Waals surface area contributed by atoms with Gasteiger partial charge in [-0.15, -0.1) is 0 Å². The number of benzene rings is 2. The van der Waals surface area contributed by atoms with Crippen molar-refractivity contribution in [2.24, 2.45) is 0 Å². The first-order valence-corrected chi connectivity index (χ1v) is 10.7. The predicted molar refractivity (Wildman–Crippen MR) is 113 cm³/mol. The third kappa shape index (κ3) is 2.94. The fraction of sp³-hybridized carbons (Fsp3) is 0.263. The van der Waals surface area contributed by atoms with Crippen LogP contribution in [0.1, 0.15) is 5.56 Å². The molecule has 4 nitrogen and oxygen atoms in total. The van der Waals surface area contributed by atoms with Gasteiger partial charge in [0.05, 0.1) is 19.9 Å². The highest BCUT2D eigenvalue weighted by atomic mass is 35.5. The van der Waals surface area contributed by atoms with Crippen molar-refractivity contribution < 1.29 is 4.39 Å². The van der Waals surface area contributed by atoms with E-state index in [0.717, 1.165) is 61.9 Å². The molecule has 0 spiro atoms. The molecule has 4 aromatic rings. The summed E-state index contributed by atoms with van der Waals surface area (Å²) < 4.78 is 15.9. The zero-order valence-corrected chi connectivity index (χ0v) is 17.0. The Morgan fingerprint density at radius 3 is 2.26 bits per heavy atom. The van der Waals surface area contributed by atoms with E-state index in [4.69, 9.17) is 16.6 Å². The minimum atomic E-state index is -0.254. The zero-order chi connectivity index (χ0) is 18.5. The molecule has 0 bridgehead atoms. The molecule has 0 atom stereocenters. The van der Waals surface area contributed by atoms with Crippen LogP contribution in [0.5, 0.6) is 0 Å². The number of aromatic nitrogens is 2. The van der Waals surface area contributed by atoms with Crippen LogP contribution in [0.15, 0.2) is 30.3 Å². The van der Waals surface area contributed by atoms with E-state index in [1.54, 1.807) is 28.7 Å². The van der Waals surface area contributed by atoms with Gasteiger partial charge in [-0.25, -0.2) is 14.4 Å². The van der Waals surface area contributed by atoms with Crippen LogP contribution in [0, 0.1) is 12.7 Å². The van der Waals surface area contributed by atoms with Crippen molar-refractivity contribution in [2.45, 2.75) is 6.92 Å². The lowest BCUT2D eigenvalue weighted by atomic mass is 10.2. The number of aryl methyl sites for hydroxylation is 1. The van der Waals surface area contributed by atoms with E-state index in [1.807, 2.05) is 18.2 Å². The van der Waals surface area contributed by atoms with Gasteiger partial charge in [-0.2, -0.15) is 0 Å². The highest BCUT2D eigenvalue weighted by Crippen LogP contribution is 2.36. The molecule has 0 amide bonds.